The molecule has 0 amide bonds. The first-order chi connectivity index (χ1) is 10.3. The summed E-state index contributed by atoms with van der Waals surface area (Å²) < 4.78 is 6.08. The zero-order valence-electron chi connectivity index (χ0n) is 12.3. The molecule has 0 atom stereocenters. The Bertz CT molecular complexity index is 608. The molecule has 4 heteroatoms. The summed E-state index contributed by atoms with van der Waals surface area (Å²) in [5, 5.41) is 0. The molecule has 0 radical (unpaired) electrons. The van der Waals surface area contributed by atoms with Crippen molar-refractivity contribution in [3.63, 3.8) is 0 Å². The predicted molar refractivity (Wildman–Crippen MR) is 84.2 cm³/mol. The summed E-state index contributed by atoms with van der Waals surface area (Å²) in [5.74, 6) is 1.64. The van der Waals surface area contributed by atoms with Crippen LogP contribution in [0.5, 0.6) is 5.75 Å². The number of likely N-dealkylation sites (tertiary alicyclic amines) is 1. The van der Waals surface area contributed by atoms with Crippen molar-refractivity contribution in [3.8, 4) is 5.75 Å². The molecule has 2 heterocycles. The molecule has 0 unspecified atom stereocenters. The van der Waals surface area contributed by atoms with Crippen molar-refractivity contribution in [1.82, 2.24) is 9.88 Å². The van der Waals surface area contributed by atoms with E-state index in [2.05, 4.69) is 35.0 Å². The number of hydrogen-bond acceptors (Lipinski definition) is 4. The number of aromatic nitrogens is 1. The molecule has 0 spiro atoms. The van der Waals surface area contributed by atoms with Crippen molar-refractivity contribution in [1.29, 1.82) is 0 Å². The summed E-state index contributed by atoms with van der Waals surface area (Å²) >= 11 is 0. The number of para-hydroxylation sites is 1. The maximum Gasteiger partial charge on any atom is 0.127 e. The van der Waals surface area contributed by atoms with Crippen LogP contribution < -0.4 is 10.5 Å². The maximum absolute atomic E-state index is 6.08. The summed E-state index contributed by atoms with van der Waals surface area (Å²) in [6.45, 7) is 4.87. The van der Waals surface area contributed by atoms with Gasteiger partial charge in [-0.15, -0.1) is 0 Å². The van der Waals surface area contributed by atoms with Gasteiger partial charge in [0.15, 0.2) is 0 Å². The number of nitrogens with zero attached hydrogens (tertiary/aromatic N) is 2. The van der Waals surface area contributed by atoms with Crippen molar-refractivity contribution in [2.75, 3.05) is 18.8 Å². The second kappa shape index (κ2) is 6.14. The fourth-order valence-electron chi connectivity index (χ4n) is 2.64. The van der Waals surface area contributed by atoms with Gasteiger partial charge in [-0.3, -0.25) is 4.90 Å². The number of rotatable bonds is 5. The molecule has 110 valence electrons. The summed E-state index contributed by atoms with van der Waals surface area (Å²) in [5.41, 5.74) is 8.23. The van der Waals surface area contributed by atoms with Crippen LogP contribution in [0.15, 0.2) is 42.6 Å². The number of nitrogen functional groups attached to an aromatic ring is 1. The number of anilines is 1. The first kappa shape index (κ1) is 13.9. The van der Waals surface area contributed by atoms with Gasteiger partial charge in [-0.05, 0) is 24.1 Å². The van der Waals surface area contributed by atoms with Gasteiger partial charge in [0, 0.05) is 31.4 Å². The van der Waals surface area contributed by atoms with Crippen LogP contribution in [-0.2, 0) is 13.0 Å². The quantitative estimate of drug-likeness (QED) is 0.916. The highest BCUT2D eigenvalue weighted by molar-refractivity contribution is 5.38. The minimum Gasteiger partial charge on any atom is -0.487 e. The van der Waals surface area contributed by atoms with E-state index in [1.54, 1.807) is 6.20 Å². The van der Waals surface area contributed by atoms with Gasteiger partial charge in [-0.2, -0.15) is 0 Å². The van der Waals surface area contributed by atoms with E-state index < -0.39 is 0 Å². The van der Waals surface area contributed by atoms with Gasteiger partial charge in [0.05, 0.1) is 0 Å². The van der Waals surface area contributed by atoms with E-state index in [-0.39, 0.29) is 6.10 Å². The third-order valence-corrected chi connectivity index (χ3v) is 3.89. The number of hydrogen-bond donors (Lipinski definition) is 1. The Morgan fingerprint density at radius 3 is 2.71 bits per heavy atom. The van der Waals surface area contributed by atoms with E-state index in [0.29, 0.717) is 5.82 Å². The Labute approximate surface area is 125 Å². The summed E-state index contributed by atoms with van der Waals surface area (Å²) in [6.07, 6.45) is 3.00. The van der Waals surface area contributed by atoms with Crippen molar-refractivity contribution in [2.24, 2.45) is 0 Å². The van der Waals surface area contributed by atoms with E-state index in [9.17, 15) is 0 Å². The standard InChI is InChI=1S/C17H21N3O/c1-2-13-6-3-4-8-16(13)21-15-11-20(12-15)10-14-7-5-9-19-17(14)18/h3-9,15H,2,10-12H2,1H3,(H2,18,19). The van der Waals surface area contributed by atoms with Crippen LogP contribution in [-0.4, -0.2) is 29.1 Å². The fraction of sp³-hybridized carbons (Fsp3) is 0.353. The summed E-state index contributed by atoms with van der Waals surface area (Å²) in [7, 11) is 0. The molecule has 1 aromatic heterocycles. The van der Waals surface area contributed by atoms with Gasteiger partial charge >= 0.3 is 0 Å². The lowest BCUT2D eigenvalue weighted by Crippen LogP contribution is -2.53. The monoisotopic (exact) mass is 283 g/mol. The SMILES string of the molecule is CCc1ccccc1OC1CN(Cc2cccnc2N)C1. The average molecular weight is 283 g/mol. The molecule has 0 bridgehead atoms. The lowest BCUT2D eigenvalue weighted by molar-refractivity contribution is 0.0141. The number of ether oxygens (including phenoxy) is 1. The largest absolute Gasteiger partial charge is 0.487 e. The molecule has 1 aliphatic heterocycles. The Hall–Kier alpha value is -2.07. The molecule has 1 aromatic carbocycles. The van der Waals surface area contributed by atoms with Crippen LogP contribution in [0, 0.1) is 0 Å². The molecule has 21 heavy (non-hydrogen) atoms. The molecule has 2 N–H and O–H groups in total. The highest BCUT2D eigenvalue weighted by Crippen LogP contribution is 2.24. The molecule has 1 fully saturated rings. The highest BCUT2D eigenvalue weighted by Gasteiger charge is 2.29. The second-order valence-corrected chi connectivity index (χ2v) is 5.44. The molecule has 1 aliphatic rings. The molecule has 4 nitrogen and oxygen atoms in total. The first-order valence-corrected chi connectivity index (χ1v) is 7.42. The van der Waals surface area contributed by atoms with Crippen molar-refractivity contribution in [3.05, 3.63) is 53.7 Å². The number of pyridine rings is 1. The van der Waals surface area contributed by atoms with Gasteiger partial charge < -0.3 is 10.5 Å². The predicted octanol–water partition coefficient (Wildman–Crippen LogP) is 2.49. The van der Waals surface area contributed by atoms with Crippen LogP contribution in [0.2, 0.25) is 0 Å². The number of benzene rings is 1. The molecule has 3 rings (SSSR count). The smallest absolute Gasteiger partial charge is 0.127 e. The zero-order valence-corrected chi connectivity index (χ0v) is 12.3. The Balaban J connectivity index is 1.53. The molecule has 2 aromatic rings. The minimum atomic E-state index is 0.274. The van der Waals surface area contributed by atoms with E-state index in [1.165, 1.54) is 5.56 Å². The van der Waals surface area contributed by atoms with Gasteiger partial charge in [0.25, 0.3) is 0 Å². The first-order valence-electron chi connectivity index (χ1n) is 7.42. The third kappa shape index (κ3) is 3.16. The molecule has 0 aliphatic carbocycles. The Morgan fingerprint density at radius 2 is 1.95 bits per heavy atom. The molecule has 1 saturated heterocycles. The van der Waals surface area contributed by atoms with Gasteiger partial charge in [0.1, 0.15) is 17.7 Å². The topological polar surface area (TPSA) is 51.4 Å². The van der Waals surface area contributed by atoms with Gasteiger partial charge in [-0.1, -0.05) is 31.2 Å². The maximum atomic E-state index is 6.08. The van der Waals surface area contributed by atoms with E-state index in [4.69, 9.17) is 10.5 Å². The molecular weight excluding hydrogens is 262 g/mol. The lowest BCUT2D eigenvalue weighted by atomic mass is 10.1. The molecular formula is C17H21N3O. The van der Waals surface area contributed by atoms with Crippen LogP contribution in [0.4, 0.5) is 5.82 Å². The van der Waals surface area contributed by atoms with Gasteiger partial charge in [0.2, 0.25) is 0 Å². The van der Waals surface area contributed by atoms with Crippen LogP contribution >= 0.6 is 0 Å². The Morgan fingerprint density at radius 1 is 1.19 bits per heavy atom. The number of aryl methyl sites for hydroxylation is 1. The fourth-order valence-corrected chi connectivity index (χ4v) is 2.64. The third-order valence-electron chi connectivity index (χ3n) is 3.89. The van der Waals surface area contributed by atoms with E-state index in [0.717, 1.165) is 37.4 Å². The summed E-state index contributed by atoms with van der Waals surface area (Å²) in [6, 6.07) is 12.2. The Kier molecular flexibility index (Phi) is 4.06. The van der Waals surface area contributed by atoms with E-state index in [1.807, 2.05) is 18.2 Å². The lowest BCUT2D eigenvalue weighted by Gasteiger charge is -2.39. The zero-order chi connectivity index (χ0) is 14.7. The van der Waals surface area contributed by atoms with Gasteiger partial charge in [-0.25, -0.2) is 4.98 Å². The van der Waals surface area contributed by atoms with Crippen molar-refractivity contribution < 1.29 is 4.74 Å². The minimum absolute atomic E-state index is 0.274. The molecule has 0 saturated carbocycles. The highest BCUT2D eigenvalue weighted by atomic mass is 16.5. The van der Waals surface area contributed by atoms with Crippen molar-refractivity contribution >= 4 is 5.82 Å². The number of nitrogens with two attached hydrogens (primary N) is 1. The van der Waals surface area contributed by atoms with E-state index >= 15 is 0 Å². The average Bonchev–Trinajstić information content (AvgIpc) is 2.47. The van der Waals surface area contributed by atoms with Crippen molar-refractivity contribution in [2.45, 2.75) is 26.0 Å². The summed E-state index contributed by atoms with van der Waals surface area (Å²) in [4.78, 5) is 6.45. The van der Waals surface area contributed by atoms with Crippen LogP contribution in [0.1, 0.15) is 18.1 Å². The second-order valence-electron chi connectivity index (χ2n) is 5.44. The van der Waals surface area contributed by atoms with Crippen LogP contribution in [0.25, 0.3) is 0 Å². The normalized spacial score (nSPS) is 15.7. The van der Waals surface area contributed by atoms with Crippen LogP contribution in [0.3, 0.4) is 0 Å².